The van der Waals surface area contributed by atoms with Crippen LogP contribution in [-0.2, 0) is 13.1 Å². The zero-order chi connectivity index (χ0) is 22.0. The van der Waals surface area contributed by atoms with Gasteiger partial charge in [-0.25, -0.2) is 22.8 Å². The Bertz CT molecular complexity index is 1330. The summed E-state index contributed by atoms with van der Waals surface area (Å²) in [5, 5.41) is 6.99. The van der Waals surface area contributed by atoms with Crippen molar-refractivity contribution in [2.75, 3.05) is 6.54 Å². The molecular formula is C21H16F3N5O2. The lowest BCUT2D eigenvalue weighted by atomic mass is 10.2. The van der Waals surface area contributed by atoms with Gasteiger partial charge in [0.05, 0.1) is 19.3 Å². The highest BCUT2D eigenvalue weighted by Gasteiger charge is 2.12. The van der Waals surface area contributed by atoms with Crippen molar-refractivity contribution in [3.05, 3.63) is 93.9 Å². The van der Waals surface area contributed by atoms with Crippen LogP contribution in [0.15, 0.2) is 59.8 Å². The highest BCUT2D eigenvalue weighted by molar-refractivity contribution is 5.94. The van der Waals surface area contributed by atoms with Gasteiger partial charge in [-0.3, -0.25) is 14.2 Å². The lowest BCUT2D eigenvalue weighted by Crippen LogP contribution is -2.28. The molecule has 0 fully saturated rings. The predicted octanol–water partition coefficient (Wildman–Crippen LogP) is 2.49. The van der Waals surface area contributed by atoms with Gasteiger partial charge < -0.3 is 5.32 Å². The minimum absolute atomic E-state index is 0.0115. The van der Waals surface area contributed by atoms with Gasteiger partial charge in [-0.05, 0) is 35.9 Å². The number of nitrogens with zero attached hydrogens (tertiary/aromatic N) is 4. The van der Waals surface area contributed by atoms with Gasteiger partial charge in [0.2, 0.25) is 0 Å². The molecule has 31 heavy (non-hydrogen) atoms. The molecule has 2 aromatic heterocycles. The molecule has 0 saturated heterocycles. The van der Waals surface area contributed by atoms with E-state index in [1.165, 1.54) is 40.0 Å². The summed E-state index contributed by atoms with van der Waals surface area (Å²) in [7, 11) is 0. The van der Waals surface area contributed by atoms with Gasteiger partial charge in [0.15, 0.2) is 17.3 Å². The summed E-state index contributed by atoms with van der Waals surface area (Å²) in [4.78, 5) is 29.0. The van der Waals surface area contributed by atoms with Crippen molar-refractivity contribution in [1.29, 1.82) is 0 Å². The first-order valence-electron chi connectivity index (χ1n) is 9.31. The summed E-state index contributed by atoms with van der Waals surface area (Å²) in [6, 6.07) is 8.81. The number of carbonyl (C=O) groups is 1. The molecule has 1 N–H and O–H groups in total. The molecule has 0 aliphatic carbocycles. The maximum atomic E-state index is 13.4. The smallest absolute Gasteiger partial charge is 0.264 e. The summed E-state index contributed by atoms with van der Waals surface area (Å²) in [6.07, 6.45) is 2.73. The number of halogens is 3. The lowest BCUT2D eigenvalue weighted by molar-refractivity contribution is 0.0951. The molecule has 2 aromatic carbocycles. The molecule has 4 aromatic rings. The molecule has 1 amide bonds. The normalized spacial score (nSPS) is 11.1. The molecule has 0 atom stereocenters. The zero-order valence-electron chi connectivity index (χ0n) is 16.1. The first-order valence-corrected chi connectivity index (χ1v) is 9.31. The van der Waals surface area contributed by atoms with Crippen LogP contribution in [0.2, 0.25) is 0 Å². The van der Waals surface area contributed by atoms with E-state index < -0.39 is 23.4 Å². The molecule has 0 spiro atoms. The molecule has 0 radical (unpaired) electrons. The number of nitrogens with one attached hydrogen (secondary N) is 1. The first kappa shape index (κ1) is 20.3. The van der Waals surface area contributed by atoms with Crippen molar-refractivity contribution in [1.82, 2.24) is 24.6 Å². The third-order valence-corrected chi connectivity index (χ3v) is 4.66. The molecule has 0 saturated carbocycles. The standard InChI is InChI=1S/C21H16F3N5O2/c22-15-3-1-2-13(8-15)11-28-12-26-19-16(21(28)31)10-27-29(19)7-6-25-20(30)14-4-5-17(23)18(24)9-14/h1-5,8-10,12H,6-7,11H2,(H,25,30). The van der Waals surface area contributed by atoms with Gasteiger partial charge in [-0.2, -0.15) is 5.10 Å². The van der Waals surface area contributed by atoms with E-state index in [0.29, 0.717) is 11.2 Å². The Kier molecular flexibility index (Phi) is 5.52. The summed E-state index contributed by atoms with van der Waals surface area (Å²) in [5.74, 6) is -3.10. The van der Waals surface area contributed by atoms with Crippen molar-refractivity contribution in [2.45, 2.75) is 13.1 Å². The molecule has 0 unspecified atom stereocenters. The van der Waals surface area contributed by atoms with E-state index in [2.05, 4.69) is 15.4 Å². The van der Waals surface area contributed by atoms with Crippen LogP contribution in [0, 0.1) is 17.5 Å². The van der Waals surface area contributed by atoms with E-state index in [9.17, 15) is 22.8 Å². The Balaban J connectivity index is 1.45. The van der Waals surface area contributed by atoms with Crippen LogP contribution in [0.25, 0.3) is 11.0 Å². The van der Waals surface area contributed by atoms with Gasteiger partial charge in [0, 0.05) is 12.1 Å². The average Bonchev–Trinajstić information content (AvgIpc) is 3.16. The van der Waals surface area contributed by atoms with Crippen LogP contribution in [0.5, 0.6) is 0 Å². The molecule has 2 heterocycles. The number of carbonyl (C=O) groups excluding carboxylic acids is 1. The van der Waals surface area contributed by atoms with Crippen molar-refractivity contribution in [3.63, 3.8) is 0 Å². The molecule has 4 rings (SSSR count). The van der Waals surface area contributed by atoms with Crippen molar-refractivity contribution in [2.24, 2.45) is 0 Å². The fourth-order valence-electron chi connectivity index (χ4n) is 3.12. The molecule has 0 bridgehead atoms. The second-order valence-electron chi connectivity index (χ2n) is 6.80. The Morgan fingerprint density at radius 3 is 2.68 bits per heavy atom. The summed E-state index contributed by atoms with van der Waals surface area (Å²) >= 11 is 0. The number of fused-ring (bicyclic) bond motifs is 1. The molecular weight excluding hydrogens is 411 g/mol. The van der Waals surface area contributed by atoms with Crippen molar-refractivity contribution in [3.8, 4) is 0 Å². The number of aromatic nitrogens is 4. The number of hydrogen-bond donors (Lipinski definition) is 1. The molecule has 0 aliphatic rings. The predicted molar refractivity (Wildman–Crippen MR) is 106 cm³/mol. The topological polar surface area (TPSA) is 81.8 Å². The van der Waals surface area contributed by atoms with Crippen LogP contribution in [-0.4, -0.2) is 31.8 Å². The monoisotopic (exact) mass is 427 g/mol. The third kappa shape index (κ3) is 4.32. The van der Waals surface area contributed by atoms with Gasteiger partial charge in [0.1, 0.15) is 17.5 Å². The van der Waals surface area contributed by atoms with Gasteiger partial charge in [0.25, 0.3) is 11.5 Å². The minimum Gasteiger partial charge on any atom is -0.350 e. The fourth-order valence-corrected chi connectivity index (χ4v) is 3.12. The SMILES string of the molecule is O=C(NCCn1ncc2c(=O)n(Cc3cccc(F)c3)cnc21)c1ccc(F)c(F)c1. The highest BCUT2D eigenvalue weighted by Crippen LogP contribution is 2.10. The molecule has 7 nitrogen and oxygen atoms in total. The van der Waals surface area contributed by atoms with Gasteiger partial charge >= 0.3 is 0 Å². The summed E-state index contributed by atoms with van der Waals surface area (Å²) in [5.41, 5.74) is 0.618. The van der Waals surface area contributed by atoms with Gasteiger partial charge in [-0.15, -0.1) is 0 Å². The Morgan fingerprint density at radius 2 is 1.90 bits per heavy atom. The van der Waals surface area contributed by atoms with Gasteiger partial charge in [-0.1, -0.05) is 12.1 Å². The second-order valence-corrected chi connectivity index (χ2v) is 6.80. The fraction of sp³-hybridized carbons (Fsp3) is 0.143. The van der Waals surface area contributed by atoms with E-state index in [1.54, 1.807) is 12.1 Å². The number of rotatable bonds is 6. The average molecular weight is 427 g/mol. The first-order chi connectivity index (χ1) is 14.9. The van der Waals surface area contributed by atoms with E-state index in [0.717, 1.165) is 12.1 Å². The minimum atomic E-state index is -1.11. The zero-order valence-corrected chi connectivity index (χ0v) is 16.1. The van der Waals surface area contributed by atoms with Crippen molar-refractivity contribution < 1.29 is 18.0 Å². The Morgan fingerprint density at radius 1 is 1.06 bits per heavy atom. The number of hydrogen-bond acceptors (Lipinski definition) is 4. The maximum Gasteiger partial charge on any atom is 0.264 e. The van der Waals surface area contributed by atoms with Crippen LogP contribution in [0.1, 0.15) is 15.9 Å². The van der Waals surface area contributed by atoms with Crippen LogP contribution in [0.3, 0.4) is 0 Å². The van der Waals surface area contributed by atoms with Crippen LogP contribution in [0.4, 0.5) is 13.2 Å². The largest absolute Gasteiger partial charge is 0.350 e. The second kappa shape index (κ2) is 8.42. The van der Waals surface area contributed by atoms with E-state index in [4.69, 9.17) is 0 Å². The van der Waals surface area contributed by atoms with E-state index >= 15 is 0 Å². The summed E-state index contributed by atoms with van der Waals surface area (Å²) < 4.78 is 42.4. The quantitative estimate of drug-likeness (QED) is 0.513. The number of amides is 1. The lowest BCUT2D eigenvalue weighted by Gasteiger charge is -2.08. The summed E-state index contributed by atoms with van der Waals surface area (Å²) in [6.45, 7) is 0.497. The van der Waals surface area contributed by atoms with Crippen molar-refractivity contribution >= 4 is 16.9 Å². The van der Waals surface area contributed by atoms with E-state index in [1.807, 2.05) is 0 Å². The Labute approximate surface area is 173 Å². The Hall–Kier alpha value is -3.95. The maximum absolute atomic E-state index is 13.4. The third-order valence-electron chi connectivity index (χ3n) is 4.66. The van der Waals surface area contributed by atoms with Crippen LogP contribution >= 0.6 is 0 Å². The molecule has 0 aliphatic heterocycles. The highest BCUT2D eigenvalue weighted by atomic mass is 19.2. The molecule has 10 heteroatoms. The molecule has 158 valence electrons. The number of benzene rings is 2. The van der Waals surface area contributed by atoms with E-state index in [-0.39, 0.29) is 36.1 Å². The van der Waals surface area contributed by atoms with Crippen LogP contribution < -0.4 is 10.9 Å².